The zero-order valence-electron chi connectivity index (χ0n) is 19.6. The van der Waals surface area contributed by atoms with Crippen LogP contribution in [0.1, 0.15) is 73.4 Å². The lowest BCUT2D eigenvalue weighted by Crippen LogP contribution is -1.98. The lowest BCUT2D eigenvalue weighted by Gasteiger charge is -2.15. The summed E-state index contributed by atoms with van der Waals surface area (Å²) in [6, 6.07) is 22.6. The first kappa shape index (κ1) is 23.3. The molecule has 1 nitrogen and oxygen atoms in total. The molecule has 3 rings (SSSR count). The smallest absolute Gasteiger partial charge is 0.0681 e. The van der Waals surface area contributed by atoms with Gasteiger partial charge in [-0.25, -0.2) is 0 Å². The highest BCUT2D eigenvalue weighted by atomic mass is 16.3. The molecule has 0 bridgehead atoms. The molecular formula is C30H38O. The molecule has 31 heavy (non-hydrogen) atoms. The summed E-state index contributed by atoms with van der Waals surface area (Å²) in [6.45, 7) is 6.80. The molecule has 0 aliphatic heterocycles. The van der Waals surface area contributed by atoms with Crippen molar-refractivity contribution in [2.24, 2.45) is 0 Å². The summed E-state index contributed by atoms with van der Waals surface area (Å²) < 4.78 is 0. The Morgan fingerprint density at radius 3 is 1.58 bits per heavy atom. The SMILES string of the molecule is CCCCCc1ccc(CCc2ccc(-c3ccc(CO)cc3CC)c(CC)c2)cc1. The fraction of sp³-hybridized carbons (Fsp3) is 0.400. The van der Waals surface area contributed by atoms with E-state index in [1.165, 1.54) is 64.6 Å². The Balaban J connectivity index is 1.70. The minimum atomic E-state index is 0.104. The van der Waals surface area contributed by atoms with Crippen LogP contribution in [0.25, 0.3) is 11.1 Å². The molecule has 0 heterocycles. The largest absolute Gasteiger partial charge is 0.392 e. The first-order valence-corrected chi connectivity index (χ1v) is 12.1. The molecule has 0 saturated heterocycles. The van der Waals surface area contributed by atoms with Gasteiger partial charge in [-0.2, -0.15) is 0 Å². The second-order valence-corrected chi connectivity index (χ2v) is 8.62. The maximum Gasteiger partial charge on any atom is 0.0681 e. The fourth-order valence-electron chi connectivity index (χ4n) is 4.40. The van der Waals surface area contributed by atoms with Gasteiger partial charge in [-0.15, -0.1) is 0 Å². The number of benzene rings is 3. The fourth-order valence-corrected chi connectivity index (χ4v) is 4.40. The lowest BCUT2D eigenvalue weighted by atomic mass is 9.90. The Labute approximate surface area is 189 Å². The van der Waals surface area contributed by atoms with Gasteiger partial charge in [0.2, 0.25) is 0 Å². The van der Waals surface area contributed by atoms with E-state index >= 15 is 0 Å². The molecule has 0 atom stereocenters. The minimum Gasteiger partial charge on any atom is -0.392 e. The summed E-state index contributed by atoms with van der Waals surface area (Å²) in [5.41, 5.74) is 10.7. The zero-order chi connectivity index (χ0) is 22.1. The van der Waals surface area contributed by atoms with E-state index in [0.717, 1.165) is 31.2 Å². The molecule has 164 valence electrons. The van der Waals surface area contributed by atoms with Gasteiger partial charge < -0.3 is 5.11 Å². The van der Waals surface area contributed by atoms with Crippen LogP contribution < -0.4 is 0 Å². The Morgan fingerprint density at radius 2 is 1.03 bits per heavy atom. The van der Waals surface area contributed by atoms with E-state index < -0.39 is 0 Å². The first-order valence-electron chi connectivity index (χ1n) is 12.1. The summed E-state index contributed by atoms with van der Waals surface area (Å²) in [7, 11) is 0. The van der Waals surface area contributed by atoms with Gasteiger partial charge in [-0.3, -0.25) is 0 Å². The third kappa shape index (κ3) is 6.31. The van der Waals surface area contributed by atoms with Crippen molar-refractivity contribution in [2.45, 2.75) is 78.7 Å². The second kappa shape index (κ2) is 11.9. The summed E-state index contributed by atoms with van der Waals surface area (Å²) in [5.74, 6) is 0. The average molecular weight is 415 g/mol. The van der Waals surface area contributed by atoms with E-state index in [1.54, 1.807) is 0 Å². The number of aliphatic hydroxyl groups is 1. The number of hydrogen-bond donors (Lipinski definition) is 1. The molecule has 0 spiro atoms. The molecule has 0 aliphatic rings. The number of aliphatic hydroxyl groups excluding tert-OH is 1. The normalized spacial score (nSPS) is 11.1. The maximum atomic E-state index is 9.47. The van der Waals surface area contributed by atoms with E-state index in [9.17, 15) is 5.11 Å². The van der Waals surface area contributed by atoms with Gasteiger partial charge in [-0.05, 0) is 83.0 Å². The van der Waals surface area contributed by atoms with Crippen LogP contribution in [0.15, 0.2) is 60.7 Å². The Hall–Kier alpha value is -2.38. The molecule has 0 unspecified atom stereocenters. The highest BCUT2D eigenvalue weighted by Crippen LogP contribution is 2.30. The van der Waals surface area contributed by atoms with Gasteiger partial charge >= 0.3 is 0 Å². The molecular weight excluding hydrogens is 376 g/mol. The maximum absolute atomic E-state index is 9.47. The highest BCUT2D eigenvalue weighted by Gasteiger charge is 2.10. The molecule has 0 amide bonds. The number of rotatable bonds is 11. The van der Waals surface area contributed by atoms with Crippen molar-refractivity contribution in [1.29, 1.82) is 0 Å². The van der Waals surface area contributed by atoms with Crippen LogP contribution in [0, 0.1) is 0 Å². The Kier molecular flexibility index (Phi) is 8.91. The number of unbranched alkanes of at least 4 members (excludes halogenated alkanes) is 2. The van der Waals surface area contributed by atoms with Gasteiger partial charge in [0.25, 0.3) is 0 Å². The van der Waals surface area contributed by atoms with Crippen molar-refractivity contribution >= 4 is 0 Å². The molecule has 0 aromatic heterocycles. The van der Waals surface area contributed by atoms with Gasteiger partial charge in [-0.1, -0.05) is 94.3 Å². The van der Waals surface area contributed by atoms with Crippen LogP contribution in [-0.4, -0.2) is 5.11 Å². The summed E-state index contributed by atoms with van der Waals surface area (Å²) in [6.07, 6.45) is 9.27. The summed E-state index contributed by atoms with van der Waals surface area (Å²) in [4.78, 5) is 0. The highest BCUT2D eigenvalue weighted by molar-refractivity contribution is 5.71. The third-order valence-corrected chi connectivity index (χ3v) is 6.37. The standard InChI is InChI=1S/C30H38O/c1-4-7-8-9-23-10-12-24(13-11-23)14-15-25-16-18-29(27(5-2)20-25)30-19-17-26(22-31)21-28(30)6-3/h10-13,16-21,31H,4-9,14-15,22H2,1-3H3. The monoisotopic (exact) mass is 414 g/mol. The predicted molar refractivity (Wildman–Crippen MR) is 134 cm³/mol. The van der Waals surface area contributed by atoms with Crippen LogP contribution in [-0.2, 0) is 38.7 Å². The van der Waals surface area contributed by atoms with Crippen molar-refractivity contribution in [1.82, 2.24) is 0 Å². The Morgan fingerprint density at radius 1 is 0.548 bits per heavy atom. The van der Waals surface area contributed by atoms with E-state index in [-0.39, 0.29) is 6.61 Å². The van der Waals surface area contributed by atoms with Gasteiger partial charge in [0, 0.05) is 0 Å². The van der Waals surface area contributed by atoms with Crippen molar-refractivity contribution in [3.05, 3.63) is 94.0 Å². The van der Waals surface area contributed by atoms with Crippen LogP contribution in [0.2, 0.25) is 0 Å². The first-order chi connectivity index (χ1) is 15.2. The van der Waals surface area contributed by atoms with Crippen LogP contribution in [0.4, 0.5) is 0 Å². The van der Waals surface area contributed by atoms with Crippen LogP contribution in [0.3, 0.4) is 0 Å². The second-order valence-electron chi connectivity index (χ2n) is 8.62. The molecule has 1 N–H and O–H groups in total. The zero-order valence-corrected chi connectivity index (χ0v) is 19.6. The molecule has 0 saturated carbocycles. The summed E-state index contributed by atoms with van der Waals surface area (Å²) in [5, 5.41) is 9.47. The van der Waals surface area contributed by atoms with Crippen molar-refractivity contribution in [2.75, 3.05) is 0 Å². The molecule has 0 aliphatic carbocycles. The van der Waals surface area contributed by atoms with E-state index in [2.05, 4.69) is 75.4 Å². The minimum absolute atomic E-state index is 0.104. The van der Waals surface area contributed by atoms with Crippen LogP contribution >= 0.6 is 0 Å². The lowest BCUT2D eigenvalue weighted by molar-refractivity contribution is 0.282. The molecule has 3 aromatic rings. The van der Waals surface area contributed by atoms with Gasteiger partial charge in [0.1, 0.15) is 0 Å². The molecule has 0 fully saturated rings. The molecule has 1 heteroatoms. The van der Waals surface area contributed by atoms with Gasteiger partial charge in [0.15, 0.2) is 0 Å². The van der Waals surface area contributed by atoms with Crippen molar-refractivity contribution in [3.63, 3.8) is 0 Å². The van der Waals surface area contributed by atoms with Crippen molar-refractivity contribution in [3.8, 4) is 11.1 Å². The van der Waals surface area contributed by atoms with E-state index in [0.29, 0.717) is 0 Å². The van der Waals surface area contributed by atoms with Crippen molar-refractivity contribution < 1.29 is 5.11 Å². The van der Waals surface area contributed by atoms with Crippen LogP contribution in [0.5, 0.6) is 0 Å². The molecule has 3 aromatic carbocycles. The quantitative estimate of drug-likeness (QED) is 0.322. The van der Waals surface area contributed by atoms with E-state index in [4.69, 9.17) is 0 Å². The predicted octanol–water partition coefficient (Wildman–Crippen LogP) is 7.49. The van der Waals surface area contributed by atoms with Gasteiger partial charge in [0.05, 0.1) is 6.61 Å². The molecule has 0 radical (unpaired) electrons. The number of hydrogen-bond acceptors (Lipinski definition) is 1. The third-order valence-electron chi connectivity index (χ3n) is 6.37. The topological polar surface area (TPSA) is 20.2 Å². The summed E-state index contributed by atoms with van der Waals surface area (Å²) >= 11 is 0. The Bertz CT molecular complexity index is 953. The average Bonchev–Trinajstić information content (AvgIpc) is 2.83. The van der Waals surface area contributed by atoms with E-state index in [1.807, 2.05) is 6.07 Å². The number of aryl methyl sites for hydroxylation is 5.